The van der Waals surface area contributed by atoms with Gasteiger partial charge in [-0.1, -0.05) is 60.2 Å². The first kappa shape index (κ1) is 13.3. The van der Waals surface area contributed by atoms with Crippen LogP contribution in [0.2, 0.25) is 0 Å². The van der Waals surface area contributed by atoms with Crippen molar-refractivity contribution in [1.82, 2.24) is 5.32 Å². The molecule has 1 aliphatic heterocycles. The van der Waals surface area contributed by atoms with E-state index in [4.69, 9.17) is 4.74 Å². The summed E-state index contributed by atoms with van der Waals surface area (Å²) in [6, 6.07) is 19.2. The third kappa shape index (κ3) is 2.77. The Morgan fingerprint density at radius 1 is 1.05 bits per heavy atom. The van der Waals surface area contributed by atoms with Crippen molar-refractivity contribution in [3.8, 4) is 0 Å². The van der Waals surface area contributed by atoms with Crippen molar-refractivity contribution in [2.75, 3.05) is 19.7 Å². The van der Waals surface area contributed by atoms with Crippen LogP contribution in [0.5, 0.6) is 0 Å². The molecule has 0 atom stereocenters. The highest BCUT2D eigenvalue weighted by Gasteiger charge is 2.38. The molecular weight excluding hydrogens is 246 g/mol. The maximum absolute atomic E-state index is 5.98. The minimum Gasteiger partial charge on any atom is -0.376 e. The number of hydrogen-bond acceptors (Lipinski definition) is 2. The molecule has 0 saturated carbocycles. The molecule has 104 valence electrons. The molecule has 0 unspecified atom stereocenters. The third-order valence-corrected chi connectivity index (χ3v) is 4.05. The van der Waals surface area contributed by atoms with Gasteiger partial charge in [0.1, 0.15) is 0 Å². The van der Waals surface area contributed by atoms with Crippen molar-refractivity contribution >= 4 is 0 Å². The van der Waals surface area contributed by atoms with Crippen molar-refractivity contribution in [2.45, 2.75) is 18.9 Å². The van der Waals surface area contributed by atoms with Crippen molar-refractivity contribution < 1.29 is 4.74 Å². The van der Waals surface area contributed by atoms with Gasteiger partial charge < -0.3 is 10.1 Å². The van der Waals surface area contributed by atoms with Gasteiger partial charge in [-0.25, -0.2) is 0 Å². The van der Waals surface area contributed by atoms with Gasteiger partial charge in [0.05, 0.1) is 13.2 Å². The highest BCUT2D eigenvalue weighted by atomic mass is 16.5. The molecule has 1 saturated heterocycles. The number of benzene rings is 2. The van der Waals surface area contributed by atoms with Gasteiger partial charge in [0.15, 0.2) is 0 Å². The van der Waals surface area contributed by atoms with E-state index in [1.165, 1.54) is 16.7 Å². The van der Waals surface area contributed by atoms with E-state index < -0.39 is 0 Å². The zero-order valence-electron chi connectivity index (χ0n) is 11.9. The summed E-state index contributed by atoms with van der Waals surface area (Å²) in [6.07, 6.45) is 0. The molecule has 1 heterocycles. The monoisotopic (exact) mass is 267 g/mol. The quantitative estimate of drug-likeness (QED) is 0.899. The SMILES string of the molecule is Cc1cccc(C2(COCc3ccccc3)CNC2)c1. The lowest BCUT2D eigenvalue weighted by atomic mass is 9.75. The lowest BCUT2D eigenvalue weighted by Gasteiger charge is -2.43. The Morgan fingerprint density at radius 3 is 2.50 bits per heavy atom. The van der Waals surface area contributed by atoms with Gasteiger partial charge in [-0.15, -0.1) is 0 Å². The van der Waals surface area contributed by atoms with Crippen LogP contribution in [0.15, 0.2) is 54.6 Å². The Balaban J connectivity index is 1.65. The molecule has 0 spiro atoms. The highest BCUT2D eigenvalue weighted by molar-refractivity contribution is 5.33. The molecule has 1 fully saturated rings. The van der Waals surface area contributed by atoms with Crippen LogP contribution in [0.3, 0.4) is 0 Å². The second kappa shape index (κ2) is 5.78. The second-order valence-corrected chi connectivity index (χ2v) is 5.73. The van der Waals surface area contributed by atoms with Gasteiger partial charge in [0.2, 0.25) is 0 Å². The summed E-state index contributed by atoms with van der Waals surface area (Å²) in [6.45, 7) is 5.62. The third-order valence-electron chi connectivity index (χ3n) is 4.05. The summed E-state index contributed by atoms with van der Waals surface area (Å²) in [5.41, 5.74) is 4.10. The van der Waals surface area contributed by atoms with E-state index in [1.54, 1.807) is 0 Å². The molecule has 0 radical (unpaired) electrons. The Kier molecular flexibility index (Phi) is 3.86. The van der Waals surface area contributed by atoms with Gasteiger partial charge in [0.25, 0.3) is 0 Å². The topological polar surface area (TPSA) is 21.3 Å². The molecule has 1 aliphatic rings. The fraction of sp³-hybridized carbons (Fsp3) is 0.333. The smallest absolute Gasteiger partial charge is 0.0717 e. The van der Waals surface area contributed by atoms with Gasteiger partial charge in [-0.3, -0.25) is 0 Å². The van der Waals surface area contributed by atoms with Crippen molar-refractivity contribution in [1.29, 1.82) is 0 Å². The molecule has 2 aromatic rings. The van der Waals surface area contributed by atoms with Gasteiger partial charge in [-0.05, 0) is 18.1 Å². The predicted octanol–water partition coefficient (Wildman–Crippen LogP) is 3.05. The Labute approximate surface area is 120 Å². The minimum absolute atomic E-state index is 0.154. The maximum atomic E-state index is 5.98. The van der Waals surface area contributed by atoms with E-state index in [1.807, 2.05) is 6.07 Å². The number of aryl methyl sites for hydroxylation is 1. The molecule has 0 aliphatic carbocycles. The van der Waals surface area contributed by atoms with Crippen molar-refractivity contribution in [3.63, 3.8) is 0 Å². The van der Waals surface area contributed by atoms with E-state index in [0.717, 1.165) is 19.7 Å². The molecule has 1 N–H and O–H groups in total. The molecule has 2 heteroatoms. The molecule has 0 amide bonds. The van der Waals surface area contributed by atoms with Crippen LogP contribution in [0.4, 0.5) is 0 Å². The lowest BCUT2D eigenvalue weighted by Crippen LogP contribution is -2.59. The van der Waals surface area contributed by atoms with Crippen LogP contribution in [0.25, 0.3) is 0 Å². The highest BCUT2D eigenvalue weighted by Crippen LogP contribution is 2.29. The first-order valence-electron chi connectivity index (χ1n) is 7.18. The molecular formula is C18H21NO. The predicted molar refractivity (Wildman–Crippen MR) is 81.8 cm³/mol. The second-order valence-electron chi connectivity index (χ2n) is 5.73. The molecule has 2 aromatic carbocycles. The fourth-order valence-corrected chi connectivity index (χ4v) is 2.73. The molecule has 3 rings (SSSR count). The van der Waals surface area contributed by atoms with E-state index in [-0.39, 0.29) is 5.41 Å². The van der Waals surface area contributed by atoms with E-state index in [0.29, 0.717) is 6.61 Å². The normalized spacial score (nSPS) is 16.6. The number of hydrogen-bond donors (Lipinski definition) is 1. The van der Waals surface area contributed by atoms with E-state index in [9.17, 15) is 0 Å². The largest absolute Gasteiger partial charge is 0.376 e. The summed E-state index contributed by atoms with van der Waals surface area (Å²) >= 11 is 0. The maximum Gasteiger partial charge on any atom is 0.0717 e. The van der Waals surface area contributed by atoms with Crippen LogP contribution in [-0.2, 0) is 16.8 Å². The van der Waals surface area contributed by atoms with E-state index in [2.05, 4.69) is 60.8 Å². The minimum atomic E-state index is 0.154. The summed E-state index contributed by atoms with van der Waals surface area (Å²) in [4.78, 5) is 0. The summed E-state index contributed by atoms with van der Waals surface area (Å²) in [7, 11) is 0. The average Bonchev–Trinajstić information content (AvgIpc) is 2.43. The zero-order valence-corrected chi connectivity index (χ0v) is 11.9. The van der Waals surface area contributed by atoms with Crippen molar-refractivity contribution in [3.05, 3.63) is 71.3 Å². The first-order valence-corrected chi connectivity index (χ1v) is 7.18. The summed E-state index contributed by atoms with van der Waals surface area (Å²) < 4.78 is 5.98. The zero-order chi connectivity index (χ0) is 13.8. The Morgan fingerprint density at radius 2 is 1.85 bits per heavy atom. The summed E-state index contributed by atoms with van der Waals surface area (Å²) in [5.74, 6) is 0. The summed E-state index contributed by atoms with van der Waals surface area (Å²) in [5, 5.41) is 3.39. The van der Waals surface area contributed by atoms with Crippen LogP contribution >= 0.6 is 0 Å². The molecule has 0 bridgehead atoms. The number of rotatable bonds is 5. The van der Waals surface area contributed by atoms with Crippen LogP contribution < -0.4 is 5.32 Å². The lowest BCUT2D eigenvalue weighted by molar-refractivity contribution is 0.0472. The standard InChI is InChI=1S/C18H21NO/c1-15-6-5-9-17(10-15)18(12-19-13-18)14-20-11-16-7-3-2-4-8-16/h2-10,19H,11-14H2,1H3. The average molecular weight is 267 g/mol. The fourth-order valence-electron chi connectivity index (χ4n) is 2.73. The van der Waals surface area contributed by atoms with Crippen LogP contribution in [-0.4, -0.2) is 19.7 Å². The van der Waals surface area contributed by atoms with Crippen LogP contribution in [0.1, 0.15) is 16.7 Å². The van der Waals surface area contributed by atoms with Gasteiger partial charge in [-0.2, -0.15) is 0 Å². The molecule has 0 aromatic heterocycles. The molecule has 20 heavy (non-hydrogen) atoms. The van der Waals surface area contributed by atoms with Gasteiger partial charge in [0, 0.05) is 18.5 Å². The van der Waals surface area contributed by atoms with Gasteiger partial charge >= 0.3 is 0 Å². The number of ether oxygens (including phenoxy) is 1. The van der Waals surface area contributed by atoms with Crippen LogP contribution in [0, 0.1) is 6.92 Å². The van der Waals surface area contributed by atoms with Crippen molar-refractivity contribution in [2.24, 2.45) is 0 Å². The van der Waals surface area contributed by atoms with E-state index >= 15 is 0 Å². The Hall–Kier alpha value is -1.64. The Bertz CT molecular complexity index is 561. The first-order chi connectivity index (χ1) is 9.78. The number of nitrogens with one attached hydrogen (secondary N) is 1. The molecule has 2 nitrogen and oxygen atoms in total.